The number of amides is 1. The van der Waals surface area contributed by atoms with E-state index < -0.39 is 12.0 Å². The van der Waals surface area contributed by atoms with Gasteiger partial charge >= 0.3 is 5.97 Å². The van der Waals surface area contributed by atoms with E-state index in [1.54, 1.807) is 30.2 Å². The van der Waals surface area contributed by atoms with Gasteiger partial charge in [-0.1, -0.05) is 41.7 Å². The number of para-hydroxylation sites is 1. The Morgan fingerprint density at radius 1 is 1.12 bits per heavy atom. The first kappa shape index (κ1) is 28.2. The number of rotatable bonds is 7. The number of carbonyl (C=O) groups is 2. The molecule has 4 heterocycles. The molecule has 216 valence electrons. The topological polar surface area (TPSA) is 85.9 Å². The average Bonchev–Trinajstić information content (AvgIpc) is 3.72. The molecule has 0 N–H and O–H groups in total. The lowest BCUT2D eigenvalue weighted by atomic mass is 9.96. The summed E-state index contributed by atoms with van der Waals surface area (Å²) in [5.41, 5.74) is 3.29. The highest BCUT2D eigenvalue weighted by atomic mass is 32.2. The zero-order chi connectivity index (χ0) is 29.4. The van der Waals surface area contributed by atoms with Gasteiger partial charge in [0.25, 0.3) is 5.56 Å². The van der Waals surface area contributed by atoms with Gasteiger partial charge in [0, 0.05) is 40.6 Å². The SMILES string of the molecule is CCOC(=O)C1=C(C)N=c2s/c(=C/c3cn(CC(=O)N4CCCC4)c4ccccc34)c(=O)n2[C@H]1c1ccc(SC)cc1. The molecule has 2 aliphatic heterocycles. The third-order valence-electron chi connectivity index (χ3n) is 7.82. The highest BCUT2D eigenvalue weighted by Gasteiger charge is 2.33. The molecule has 2 aliphatic rings. The van der Waals surface area contributed by atoms with Gasteiger partial charge < -0.3 is 14.2 Å². The highest BCUT2D eigenvalue weighted by molar-refractivity contribution is 7.98. The van der Waals surface area contributed by atoms with Gasteiger partial charge in [0.05, 0.1) is 28.5 Å². The minimum atomic E-state index is -0.655. The lowest BCUT2D eigenvalue weighted by Gasteiger charge is -2.24. The fourth-order valence-corrected chi connectivity index (χ4v) is 7.21. The molecule has 6 rings (SSSR count). The zero-order valence-electron chi connectivity index (χ0n) is 23.8. The van der Waals surface area contributed by atoms with Gasteiger partial charge in [-0.15, -0.1) is 11.8 Å². The second kappa shape index (κ2) is 11.8. The van der Waals surface area contributed by atoms with Crippen molar-refractivity contribution in [3.8, 4) is 0 Å². The summed E-state index contributed by atoms with van der Waals surface area (Å²) < 4.78 is 9.50. The number of nitrogens with zero attached hydrogens (tertiary/aromatic N) is 4. The standard InChI is InChI=1S/C32H32N4O4S2/c1-4-40-31(39)28-20(2)33-32-36(29(28)21-11-13-23(41-3)14-12-21)30(38)26(42-32)17-22-18-35(25-10-6-5-9-24(22)25)19-27(37)34-15-7-8-16-34/h5-6,9-14,17-18,29H,4,7-8,15-16,19H2,1-3H3/b26-17+/t29-/m0/s1. The minimum absolute atomic E-state index is 0.105. The third-order valence-corrected chi connectivity index (χ3v) is 9.55. The first-order valence-corrected chi connectivity index (χ1v) is 16.1. The molecule has 0 aliphatic carbocycles. The molecular weight excluding hydrogens is 569 g/mol. The van der Waals surface area contributed by atoms with Crippen LogP contribution < -0.4 is 14.9 Å². The number of carbonyl (C=O) groups excluding carboxylic acids is 2. The molecule has 1 atom stereocenters. The average molecular weight is 601 g/mol. The summed E-state index contributed by atoms with van der Waals surface area (Å²) in [5.74, 6) is -0.369. The van der Waals surface area contributed by atoms with E-state index in [2.05, 4.69) is 0 Å². The first-order chi connectivity index (χ1) is 20.4. The molecule has 0 spiro atoms. The van der Waals surface area contributed by atoms with Crippen molar-refractivity contribution < 1.29 is 14.3 Å². The predicted molar refractivity (Wildman–Crippen MR) is 166 cm³/mol. The number of thioether (sulfide) groups is 1. The summed E-state index contributed by atoms with van der Waals surface area (Å²) in [6.45, 7) is 5.64. The van der Waals surface area contributed by atoms with Gasteiger partial charge in [-0.2, -0.15) is 0 Å². The van der Waals surface area contributed by atoms with Gasteiger partial charge in [0.2, 0.25) is 5.91 Å². The molecule has 0 unspecified atom stereocenters. The largest absolute Gasteiger partial charge is 0.463 e. The molecule has 0 bridgehead atoms. The number of thiazole rings is 1. The van der Waals surface area contributed by atoms with Crippen molar-refractivity contribution in [1.29, 1.82) is 0 Å². The maximum absolute atomic E-state index is 14.1. The summed E-state index contributed by atoms with van der Waals surface area (Å²) >= 11 is 2.93. The van der Waals surface area contributed by atoms with Crippen molar-refractivity contribution >= 4 is 52.0 Å². The minimum Gasteiger partial charge on any atom is -0.463 e. The van der Waals surface area contributed by atoms with E-state index in [4.69, 9.17) is 9.73 Å². The summed E-state index contributed by atoms with van der Waals surface area (Å²) in [5, 5.41) is 0.963. The molecule has 0 radical (unpaired) electrons. The molecule has 0 saturated carbocycles. The van der Waals surface area contributed by atoms with Gasteiger partial charge in [0.15, 0.2) is 4.80 Å². The fraction of sp³-hybridized carbons (Fsp3) is 0.312. The molecule has 2 aromatic heterocycles. The van der Waals surface area contributed by atoms with Crippen molar-refractivity contribution in [1.82, 2.24) is 14.0 Å². The summed E-state index contributed by atoms with van der Waals surface area (Å²) in [7, 11) is 0. The van der Waals surface area contributed by atoms with Crippen LogP contribution in [0.25, 0.3) is 17.0 Å². The van der Waals surface area contributed by atoms with Crippen LogP contribution in [0.5, 0.6) is 0 Å². The summed E-state index contributed by atoms with van der Waals surface area (Å²) in [6, 6.07) is 15.2. The Kier molecular flexibility index (Phi) is 7.92. The van der Waals surface area contributed by atoms with Crippen LogP contribution in [0.3, 0.4) is 0 Å². The number of fused-ring (bicyclic) bond motifs is 2. The lowest BCUT2D eigenvalue weighted by molar-refractivity contribution is -0.139. The van der Waals surface area contributed by atoms with Gasteiger partial charge in [-0.25, -0.2) is 9.79 Å². The molecular formula is C32H32N4O4S2. The predicted octanol–water partition coefficient (Wildman–Crippen LogP) is 4.10. The third kappa shape index (κ3) is 5.13. The van der Waals surface area contributed by atoms with Crippen molar-refractivity contribution in [3.05, 3.63) is 96.8 Å². The van der Waals surface area contributed by atoms with Crippen molar-refractivity contribution in [2.75, 3.05) is 26.0 Å². The fourth-order valence-electron chi connectivity index (χ4n) is 5.77. The highest BCUT2D eigenvalue weighted by Crippen LogP contribution is 2.32. The Hall–Kier alpha value is -3.89. The number of allylic oxidation sites excluding steroid dienone is 1. The van der Waals surface area contributed by atoms with E-state index >= 15 is 0 Å². The zero-order valence-corrected chi connectivity index (χ0v) is 25.5. The molecule has 4 aromatic rings. The summed E-state index contributed by atoms with van der Waals surface area (Å²) in [4.78, 5) is 48.5. The molecule has 10 heteroatoms. The van der Waals surface area contributed by atoms with Gasteiger partial charge in [-0.05, 0) is 62.8 Å². The molecule has 1 saturated heterocycles. The van der Waals surface area contributed by atoms with E-state index in [9.17, 15) is 14.4 Å². The monoisotopic (exact) mass is 600 g/mol. The molecule has 8 nitrogen and oxygen atoms in total. The second-order valence-electron chi connectivity index (χ2n) is 10.4. The number of aromatic nitrogens is 2. The lowest BCUT2D eigenvalue weighted by Crippen LogP contribution is -2.39. The van der Waals surface area contributed by atoms with Crippen LogP contribution >= 0.6 is 23.1 Å². The van der Waals surface area contributed by atoms with Crippen molar-refractivity contribution in [2.24, 2.45) is 4.99 Å². The Morgan fingerprint density at radius 3 is 2.57 bits per heavy atom. The quantitative estimate of drug-likeness (QED) is 0.236. The number of hydrogen-bond acceptors (Lipinski definition) is 7. The van der Waals surface area contributed by atoms with Crippen LogP contribution in [0.1, 0.15) is 43.9 Å². The first-order valence-electron chi connectivity index (χ1n) is 14.1. The van der Waals surface area contributed by atoms with E-state index in [0.717, 1.165) is 52.9 Å². The van der Waals surface area contributed by atoms with Crippen LogP contribution in [0.2, 0.25) is 0 Å². The van der Waals surface area contributed by atoms with E-state index in [1.165, 1.54) is 11.3 Å². The summed E-state index contributed by atoms with van der Waals surface area (Å²) in [6.07, 6.45) is 7.92. The molecule has 1 amide bonds. The number of benzene rings is 2. The molecule has 2 aromatic carbocycles. The molecule has 42 heavy (non-hydrogen) atoms. The number of likely N-dealkylation sites (tertiary alicyclic amines) is 1. The van der Waals surface area contributed by atoms with Gasteiger partial charge in [0.1, 0.15) is 6.54 Å². The van der Waals surface area contributed by atoms with Gasteiger partial charge in [-0.3, -0.25) is 14.2 Å². The van der Waals surface area contributed by atoms with Crippen molar-refractivity contribution in [2.45, 2.75) is 44.2 Å². The van der Waals surface area contributed by atoms with Crippen LogP contribution in [0.15, 0.2) is 80.7 Å². The number of hydrogen-bond donors (Lipinski definition) is 0. The maximum atomic E-state index is 14.1. The second-order valence-corrected chi connectivity index (χ2v) is 12.3. The van der Waals surface area contributed by atoms with E-state index in [1.807, 2.05) is 76.5 Å². The Labute approximate surface area is 251 Å². The van der Waals surface area contributed by atoms with Crippen LogP contribution in [0, 0.1) is 0 Å². The maximum Gasteiger partial charge on any atom is 0.338 e. The Morgan fingerprint density at radius 2 is 1.86 bits per heavy atom. The number of ether oxygens (including phenoxy) is 1. The van der Waals surface area contributed by atoms with E-state index in [0.29, 0.717) is 20.6 Å². The number of esters is 1. The normalized spacial score (nSPS) is 17.1. The smallest absolute Gasteiger partial charge is 0.338 e. The Balaban J connectivity index is 1.47. The van der Waals surface area contributed by atoms with Crippen molar-refractivity contribution in [3.63, 3.8) is 0 Å². The van der Waals surface area contributed by atoms with Crippen LogP contribution in [-0.4, -0.2) is 51.9 Å². The van der Waals surface area contributed by atoms with Crippen LogP contribution in [0.4, 0.5) is 0 Å². The van der Waals surface area contributed by atoms with E-state index in [-0.39, 0.29) is 24.6 Å². The van der Waals surface area contributed by atoms with Crippen LogP contribution in [-0.2, 0) is 20.9 Å². The molecule has 1 fully saturated rings. The Bertz CT molecular complexity index is 1890.